The number of amides is 1. The number of carbonyl (C=O) groups excluding carboxylic acids is 1. The smallest absolute Gasteiger partial charge is 0.265 e. The summed E-state index contributed by atoms with van der Waals surface area (Å²) in [4.78, 5) is 11.2. The minimum absolute atomic E-state index is 0.229. The van der Waals surface area contributed by atoms with E-state index < -0.39 is 6.67 Å². The van der Waals surface area contributed by atoms with Crippen molar-refractivity contribution in [3.8, 4) is 0 Å². The van der Waals surface area contributed by atoms with Crippen LogP contribution in [0.25, 0.3) is 0 Å². The average Bonchev–Trinajstić information content (AvgIpc) is 2.18. The summed E-state index contributed by atoms with van der Waals surface area (Å²) in [6.45, 7) is -0.506. The van der Waals surface area contributed by atoms with Gasteiger partial charge in [0.15, 0.2) is 0 Å². The number of hydrazine groups is 1. The van der Waals surface area contributed by atoms with Crippen LogP contribution in [0.4, 0.5) is 4.39 Å². The van der Waals surface area contributed by atoms with Crippen molar-refractivity contribution >= 4 is 5.91 Å². The third kappa shape index (κ3) is 2.52. The molecule has 0 fully saturated rings. The Kier molecular flexibility index (Phi) is 3.40. The zero-order chi connectivity index (χ0) is 9.68. The monoisotopic (exact) mass is 182 g/mol. The lowest BCUT2D eigenvalue weighted by Gasteiger charge is -2.02. The van der Waals surface area contributed by atoms with Crippen LogP contribution in [0, 0.1) is 0 Å². The molecular formula is C9H11FN2O. The molecule has 2 N–H and O–H groups in total. The first-order valence-corrected chi connectivity index (χ1v) is 3.90. The van der Waals surface area contributed by atoms with Gasteiger partial charge < -0.3 is 0 Å². The topological polar surface area (TPSA) is 41.1 Å². The number of alkyl halides is 1. The Hall–Kier alpha value is -1.42. The summed E-state index contributed by atoms with van der Waals surface area (Å²) >= 11 is 0. The number of carbonyl (C=O) groups is 1. The number of hydrogen-bond donors (Lipinski definition) is 2. The predicted octanol–water partition coefficient (Wildman–Crippen LogP) is 1.02. The minimum atomic E-state index is -0.506. The predicted molar refractivity (Wildman–Crippen MR) is 47.8 cm³/mol. The van der Waals surface area contributed by atoms with Crippen molar-refractivity contribution in [2.24, 2.45) is 0 Å². The second-order valence-electron chi connectivity index (χ2n) is 2.53. The van der Waals surface area contributed by atoms with Crippen molar-refractivity contribution in [2.45, 2.75) is 6.67 Å². The third-order valence-corrected chi connectivity index (χ3v) is 1.61. The fraction of sp³-hybridized carbons (Fsp3) is 0.222. The lowest BCUT2D eigenvalue weighted by molar-refractivity contribution is 0.0938. The highest BCUT2D eigenvalue weighted by Crippen LogP contribution is 2.05. The van der Waals surface area contributed by atoms with Gasteiger partial charge in [0.2, 0.25) is 0 Å². The molecule has 0 aliphatic rings. The molecule has 0 aliphatic carbocycles. The summed E-state index contributed by atoms with van der Waals surface area (Å²) in [5, 5.41) is 0. The molecule has 0 aliphatic heterocycles. The highest BCUT2D eigenvalue weighted by Gasteiger charge is 2.02. The van der Waals surface area contributed by atoms with Crippen LogP contribution >= 0.6 is 0 Å². The second-order valence-corrected chi connectivity index (χ2v) is 2.53. The van der Waals surface area contributed by atoms with E-state index in [1.54, 1.807) is 31.3 Å². The number of benzene rings is 1. The molecule has 3 nitrogen and oxygen atoms in total. The Labute approximate surface area is 75.9 Å². The Balaban J connectivity index is 2.74. The van der Waals surface area contributed by atoms with Gasteiger partial charge >= 0.3 is 0 Å². The van der Waals surface area contributed by atoms with Crippen LogP contribution < -0.4 is 10.9 Å². The first kappa shape index (κ1) is 9.67. The fourth-order valence-electron chi connectivity index (χ4n) is 0.931. The maximum atomic E-state index is 12.1. The Bertz CT molecular complexity index is 284. The minimum Gasteiger partial charge on any atom is -0.288 e. The summed E-state index contributed by atoms with van der Waals surface area (Å²) in [6.07, 6.45) is 0. The second kappa shape index (κ2) is 4.57. The maximum Gasteiger partial charge on any atom is 0.265 e. The van der Waals surface area contributed by atoms with Gasteiger partial charge in [0, 0.05) is 12.6 Å². The van der Waals surface area contributed by atoms with Crippen molar-refractivity contribution < 1.29 is 9.18 Å². The highest BCUT2D eigenvalue weighted by molar-refractivity contribution is 5.93. The van der Waals surface area contributed by atoms with Crippen LogP contribution in [0.1, 0.15) is 15.9 Å². The first-order chi connectivity index (χ1) is 6.27. The van der Waals surface area contributed by atoms with Crippen LogP contribution in [0.3, 0.4) is 0 Å². The normalized spacial score (nSPS) is 9.69. The van der Waals surface area contributed by atoms with Gasteiger partial charge in [-0.2, -0.15) is 0 Å². The summed E-state index contributed by atoms with van der Waals surface area (Å²) in [7, 11) is 1.60. The van der Waals surface area contributed by atoms with E-state index in [2.05, 4.69) is 10.9 Å². The zero-order valence-electron chi connectivity index (χ0n) is 7.30. The van der Waals surface area contributed by atoms with Gasteiger partial charge in [-0.25, -0.2) is 9.82 Å². The number of hydrogen-bond acceptors (Lipinski definition) is 2. The van der Waals surface area contributed by atoms with E-state index in [-0.39, 0.29) is 5.91 Å². The number of nitrogens with one attached hydrogen (secondary N) is 2. The van der Waals surface area contributed by atoms with Gasteiger partial charge in [-0.1, -0.05) is 12.1 Å². The van der Waals surface area contributed by atoms with Crippen LogP contribution in [-0.4, -0.2) is 13.0 Å². The average molecular weight is 182 g/mol. The molecule has 0 spiro atoms. The molecule has 13 heavy (non-hydrogen) atoms. The lowest BCUT2D eigenvalue weighted by Crippen LogP contribution is -2.34. The van der Waals surface area contributed by atoms with Crippen LogP contribution in [0.2, 0.25) is 0 Å². The maximum absolute atomic E-state index is 12.1. The molecule has 0 saturated carbocycles. The van der Waals surface area contributed by atoms with Gasteiger partial charge in [-0.05, 0) is 17.7 Å². The molecule has 0 saturated heterocycles. The summed E-state index contributed by atoms with van der Waals surface area (Å²) in [6, 6.07) is 6.35. The van der Waals surface area contributed by atoms with Crippen LogP contribution in [-0.2, 0) is 6.67 Å². The molecule has 1 aromatic rings. The van der Waals surface area contributed by atoms with Gasteiger partial charge in [-0.3, -0.25) is 10.2 Å². The molecule has 70 valence electrons. The largest absolute Gasteiger partial charge is 0.288 e. The Morgan fingerprint density at radius 1 is 1.38 bits per heavy atom. The molecule has 0 bridgehead atoms. The Morgan fingerprint density at radius 3 is 2.46 bits per heavy atom. The lowest BCUT2D eigenvalue weighted by atomic mass is 10.1. The first-order valence-electron chi connectivity index (χ1n) is 3.90. The van der Waals surface area contributed by atoms with Crippen molar-refractivity contribution in [1.82, 2.24) is 10.9 Å². The molecule has 1 rings (SSSR count). The van der Waals surface area contributed by atoms with Crippen molar-refractivity contribution in [3.05, 3.63) is 35.4 Å². The molecule has 0 atom stereocenters. The van der Waals surface area contributed by atoms with E-state index in [4.69, 9.17) is 0 Å². The number of halogens is 1. The molecule has 0 unspecified atom stereocenters. The van der Waals surface area contributed by atoms with Gasteiger partial charge in [0.1, 0.15) is 6.67 Å². The van der Waals surface area contributed by atoms with Crippen molar-refractivity contribution in [3.63, 3.8) is 0 Å². The summed E-state index contributed by atoms with van der Waals surface area (Å²) < 4.78 is 12.1. The van der Waals surface area contributed by atoms with Gasteiger partial charge in [-0.15, -0.1) is 0 Å². The molecule has 0 heterocycles. The van der Waals surface area contributed by atoms with Crippen LogP contribution in [0.15, 0.2) is 24.3 Å². The SMILES string of the molecule is CNNC(=O)c1ccc(CF)cc1. The standard InChI is InChI=1S/C9H11FN2O/c1-11-12-9(13)8-4-2-7(6-10)3-5-8/h2-5,11H,6H2,1H3,(H,12,13). The van der Waals surface area contributed by atoms with E-state index in [1.807, 2.05) is 0 Å². The summed E-state index contributed by atoms with van der Waals surface area (Å²) in [5.74, 6) is -0.229. The molecule has 1 aromatic carbocycles. The van der Waals surface area contributed by atoms with Crippen molar-refractivity contribution in [2.75, 3.05) is 7.05 Å². The molecule has 4 heteroatoms. The zero-order valence-corrected chi connectivity index (χ0v) is 7.30. The van der Waals surface area contributed by atoms with E-state index in [9.17, 15) is 9.18 Å². The van der Waals surface area contributed by atoms with E-state index in [1.165, 1.54) is 0 Å². The van der Waals surface area contributed by atoms with E-state index in [0.29, 0.717) is 11.1 Å². The van der Waals surface area contributed by atoms with Crippen LogP contribution in [0.5, 0.6) is 0 Å². The Morgan fingerprint density at radius 2 is 2.00 bits per heavy atom. The molecule has 0 aromatic heterocycles. The van der Waals surface area contributed by atoms with Gasteiger partial charge in [0.25, 0.3) is 5.91 Å². The highest BCUT2D eigenvalue weighted by atomic mass is 19.1. The molecule has 1 amide bonds. The van der Waals surface area contributed by atoms with Gasteiger partial charge in [0.05, 0.1) is 0 Å². The number of rotatable bonds is 3. The van der Waals surface area contributed by atoms with E-state index >= 15 is 0 Å². The summed E-state index contributed by atoms with van der Waals surface area (Å²) in [5.41, 5.74) is 6.01. The quantitative estimate of drug-likeness (QED) is 0.685. The molecular weight excluding hydrogens is 171 g/mol. The van der Waals surface area contributed by atoms with E-state index in [0.717, 1.165) is 0 Å². The van der Waals surface area contributed by atoms with Crippen molar-refractivity contribution in [1.29, 1.82) is 0 Å². The fourth-order valence-corrected chi connectivity index (χ4v) is 0.931. The third-order valence-electron chi connectivity index (χ3n) is 1.61. The molecule has 0 radical (unpaired) electrons.